The van der Waals surface area contributed by atoms with Gasteiger partial charge < -0.3 is 15.4 Å². The van der Waals surface area contributed by atoms with Crippen LogP contribution >= 0.6 is 23.2 Å². The fourth-order valence-electron chi connectivity index (χ4n) is 2.35. The van der Waals surface area contributed by atoms with E-state index in [1.165, 1.54) is 12.3 Å². The predicted octanol–water partition coefficient (Wildman–Crippen LogP) is 4.66. The summed E-state index contributed by atoms with van der Waals surface area (Å²) in [6.45, 7) is -0.278. The first-order chi connectivity index (χ1) is 13.5. The molecule has 0 fully saturated rings. The molecule has 3 rings (SSSR count). The zero-order chi connectivity index (χ0) is 19.9. The summed E-state index contributed by atoms with van der Waals surface area (Å²) in [5.41, 5.74) is 1.22. The number of rotatable bonds is 6. The van der Waals surface area contributed by atoms with Crippen molar-refractivity contribution in [3.05, 3.63) is 82.6 Å². The number of aromatic nitrogens is 1. The average Bonchev–Trinajstić information content (AvgIpc) is 2.68. The van der Waals surface area contributed by atoms with Gasteiger partial charge in [-0.2, -0.15) is 0 Å². The molecule has 0 bridgehead atoms. The van der Waals surface area contributed by atoms with Crippen LogP contribution in [-0.4, -0.2) is 23.4 Å². The number of amides is 2. The van der Waals surface area contributed by atoms with Crippen LogP contribution in [0.4, 0.5) is 11.4 Å². The lowest BCUT2D eigenvalue weighted by Crippen LogP contribution is -2.22. The van der Waals surface area contributed by atoms with E-state index in [0.29, 0.717) is 32.7 Å². The molecular formula is C20H15Cl2N3O3. The van der Waals surface area contributed by atoms with Crippen molar-refractivity contribution >= 4 is 46.4 Å². The van der Waals surface area contributed by atoms with Crippen molar-refractivity contribution in [3.8, 4) is 5.75 Å². The number of nitrogens with one attached hydrogen (secondary N) is 2. The summed E-state index contributed by atoms with van der Waals surface area (Å²) in [5.74, 6) is -0.470. The summed E-state index contributed by atoms with van der Waals surface area (Å²) in [4.78, 5) is 28.7. The summed E-state index contributed by atoms with van der Waals surface area (Å²) in [6, 6.07) is 14.8. The molecule has 2 N–H and O–H groups in total. The molecule has 0 spiro atoms. The quantitative estimate of drug-likeness (QED) is 0.613. The molecule has 0 saturated carbocycles. The smallest absolute Gasteiger partial charge is 0.262 e. The third-order valence-electron chi connectivity index (χ3n) is 3.62. The Labute approximate surface area is 171 Å². The summed E-state index contributed by atoms with van der Waals surface area (Å²) in [6.07, 6.45) is 3.14. The number of hydrogen-bond donors (Lipinski definition) is 2. The molecule has 0 aliphatic rings. The molecule has 28 heavy (non-hydrogen) atoms. The molecule has 142 valence electrons. The Morgan fingerprint density at radius 1 is 1.00 bits per heavy atom. The molecule has 0 aliphatic carbocycles. The molecule has 8 heteroatoms. The van der Waals surface area contributed by atoms with Crippen LogP contribution in [0.25, 0.3) is 0 Å². The number of pyridine rings is 1. The molecule has 0 saturated heterocycles. The Kier molecular flexibility index (Phi) is 6.47. The molecular weight excluding hydrogens is 401 g/mol. The van der Waals surface area contributed by atoms with Crippen LogP contribution in [-0.2, 0) is 4.79 Å². The van der Waals surface area contributed by atoms with Crippen LogP contribution in [0.15, 0.2) is 67.0 Å². The molecule has 1 aromatic heterocycles. The van der Waals surface area contributed by atoms with Crippen LogP contribution in [0, 0.1) is 0 Å². The Balaban J connectivity index is 1.65. The zero-order valence-electron chi connectivity index (χ0n) is 14.5. The van der Waals surface area contributed by atoms with E-state index in [4.69, 9.17) is 27.9 Å². The molecule has 3 aromatic rings. The summed E-state index contributed by atoms with van der Waals surface area (Å²) in [7, 11) is 0. The van der Waals surface area contributed by atoms with Crippen molar-refractivity contribution in [3.63, 3.8) is 0 Å². The average molecular weight is 416 g/mol. The van der Waals surface area contributed by atoms with Gasteiger partial charge in [0.15, 0.2) is 6.61 Å². The molecule has 0 radical (unpaired) electrons. The fraction of sp³-hybridized carbons (Fsp3) is 0.0500. The van der Waals surface area contributed by atoms with Gasteiger partial charge in [0.2, 0.25) is 0 Å². The van der Waals surface area contributed by atoms with Crippen molar-refractivity contribution in [2.75, 3.05) is 17.2 Å². The largest absolute Gasteiger partial charge is 0.482 e. The van der Waals surface area contributed by atoms with Crippen molar-refractivity contribution in [2.45, 2.75) is 0 Å². The van der Waals surface area contributed by atoms with Gasteiger partial charge in [0.05, 0.1) is 28.2 Å². The number of carbonyl (C=O) groups is 2. The number of benzene rings is 2. The van der Waals surface area contributed by atoms with Gasteiger partial charge in [0.25, 0.3) is 11.8 Å². The second kappa shape index (κ2) is 9.21. The van der Waals surface area contributed by atoms with E-state index < -0.39 is 5.91 Å². The van der Waals surface area contributed by atoms with Crippen molar-refractivity contribution in [1.82, 2.24) is 4.98 Å². The third kappa shape index (κ3) is 5.22. The van der Waals surface area contributed by atoms with Gasteiger partial charge in [-0.1, -0.05) is 35.3 Å². The molecule has 0 atom stereocenters. The minimum absolute atomic E-state index is 0.278. The lowest BCUT2D eigenvalue weighted by atomic mass is 10.1. The number of para-hydroxylation sites is 1. The summed E-state index contributed by atoms with van der Waals surface area (Å²) < 4.78 is 5.41. The normalized spacial score (nSPS) is 10.2. The van der Waals surface area contributed by atoms with Crippen LogP contribution in [0.3, 0.4) is 0 Å². The SMILES string of the molecule is O=C(COc1ccc(Cl)cc1Cl)Nc1ccccc1C(=O)Nc1cccnc1. The first kappa shape index (κ1) is 19.7. The second-order valence-corrected chi connectivity index (χ2v) is 6.50. The molecule has 6 nitrogen and oxygen atoms in total. The number of anilines is 2. The standard InChI is InChI=1S/C20H15Cl2N3O3/c21-13-7-8-18(16(22)10-13)28-12-19(26)25-17-6-2-1-5-15(17)20(27)24-14-4-3-9-23-11-14/h1-11H,12H2,(H,24,27)(H,25,26). The molecule has 1 heterocycles. The highest BCUT2D eigenvalue weighted by molar-refractivity contribution is 6.35. The maximum Gasteiger partial charge on any atom is 0.262 e. The van der Waals surface area contributed by atoms with Gasteiger partial charge >= 0.3 is 0 Å². The maximum absolute atomic E-state index is 12.5. The second-order valence-electron chi connectivity index (χ2n) is 5.65. The predicted molar refractivity (Wildman–Crippen MR) is 109 cm³/mol. The van der Waals surface area contributed by atoms with Gasteiger partial charge in [0, 0.05) is 11.2 Å². The Morgan fingerprint density at radius 2 is 1.82 bits per heavy atom. The fourth-order valence-corrected chi connectivity index (χ4v) is 2.81. The summed E-state index contributed by atoms with van der Waals surface area (Å²) >= 11 is 11.8. The van der Waals surface area contributed by atoms with E-state index in [9.17, 15) is 9.59 Å². The van der Waals surface area contributed by atoms with E-state index in [1.807, 2.05) is 0 Å². The highest BCUT2D eigenvalue weighted by atomic mass is 35.5. The van der Waals surface area contributed by atoms with Crippen LogP contribution in [0.2, 0.25) is 10.0 Å². The minimum atomic E-state index is -0.437. The highest BCUT2D eigenvalue weighted by Crippen LogP contribution is 2.27. The van der Waals surface area contributed by atoms with E-state index >= 15 is 0 Å². The third-order valence-corrected chi connectivity index (χ3v) is 4.15. The van der Waals surface area contributed by atoms with E-state index in [-0.39, 0.29) is 12.5 Å². The first-order valence-electron chi connectivity index (χ1n) is 8.21. The lowest BCUT2D eigenvalue weighted by Gasteiger charge is -2.12. The molecule has 0 aliphatic heterocycles. The Bertz CT molecular complexity index is 997. The monoisotopic (exact) mass is 415 g/mol. The van der Waals surface area contributed by atoms with Crippen molar-refractivity contribution in [1.29, 1.82) is 0 Å². The van der Waals surface area contributed by atoms with E-state index in [2.05, 4.69) is 15.6 Å². The maximum atomic E-state index is 12.5. The number of hydrogen-bond acceptors (Lipinski definition) is 4. The van der Waals surface area contributed by atoms with Crippen LogP contribution in [0.1, 0.15) is 10.4 Å². The number of ether oxygens (including phenoxy) is 1. The first-order valence-corrected chi connectivity index (χ1v) is 8.96. The highest BCUT2D eigenvalue weighted by Gasteiger charge is 2.14. The van der Waals surface area contributed by atoms with Gasteiger partial charge in [-0.15, -0.1) is 0 Å². The Morgan fingerprint density at radius 3 is 2.57 bits per heavy atom. The van der Waals surface area contributed by atoms with Gasteiger partial charge in [-0.3, -0.25) is 14.6 Å². The van der Waals surface area contributed by atoms with Crippen LogP contribution < -0.4 is 15.4 Å². The van der Waals surface area contributed by atoms with Gasteiger partial charge in [0.1, 0.15) is 5.75 Å². The molecule has 0 unspecified atom stereocenters. The number of halogens is 2. The van der Waals surface area contributed by atoms with E-state index in [1.54, 1.807) is 54.7 Å². The Hall–Kier alpha value is -3.09. The summed E-state index contributed by atoms with van der Waals surface area (Å²) in [5, 5.41) is 6.17. The molecule has 2 aromatic carbocycles. The molecule has 2 amide bonds. The van der Waals surface area contributed by atoms with Gasteiger partial charge in [-0.05, 0) is 42.5 Å². The van der Waals surface area contributed by atoms with Crippen molar-refractivity contribution in [2.24, 2.45) is 0 Å². The zero-order valence-corrected chi connectivity index (χ0v) is 16.0. The topological polar surface area (TPSA) is 80.3 Å². The van der Waals surface area contributed by atoms with Gasteiger partial charge in [-0.25, -0.2) is 0 Å². The van der Waals surface area contributed by atoms with Crippen molar-refractivity contribution < 1.29 is 14.3 Å². The minimum Gasteiger partial charge on any atom is -0.482 e. The van der Waals surface area contributed by atoms with Crippen LogP contribution in [0.5, 0.6) is 5.75 Å². The lowest BCUT2D eigenvalue weighted by molar-refractivity contribution is -0.118. The number of nitrogens with zero attached hydrogens (tertiary/aromatic N) is 1. The van der Waals surface area contributed by atoms with E-state index in [0.717, 1.165) is 0 Å². The number of carbonyl (C=O) groups excluding carboxylic acids is 2.